The van der Waals surface area contributed by atoms with Gasteiger partial charge in [-0.05, 0) is 61.0 Å². The zero-order chi connectivity index (χ0) is 21.3. The molecule has 0 fully saturated rings. The fourth-order valence-electron chi connectivity index (χ4n) is 2.74. The van der Waals surface area contributed by atoms with Crippen LogP contribution in [-0.4, -0.2) is 25.0 Å². The van der Waals surface area contributed by atoms with Gasteiger partial charge in [0.25, 0.3) is 11.8 Å². The van der Waals surface area contributed by atoms with Crippen LogP contribution in [0.4, 0.5) is 5.69 Å². The van der Waals surface area contributed by atoms with Crippen LogP contribution < -0.4 is 20.1 Å². The molecule has 0 aliphatic carbocycles. The smallest absolute Gasteiger partial charge is 0.265 e. The van der Waals surface area contributed by atoms with E-state index in [2.05, 4.69) is 10.6 Å². The van der Waals surface area contributed by atoms with Crippen LogP contribution in [0.5, 0.6) is 11.5 Å². The Bertz CT molecular complexity index is 970. The maximum Gasteiger partial charge on any atom is 0.265 e. The standard InChI is InChI=1S/C24H24N2O4/c1-17(23(27)26-20-10-14-21(29-2)15-11-20)30-22-12-8-19(9-13-22)24(28)25-16-18-6-4-3-5-7-18/h3-15,17H,16H2,1-2H3,(H,25,28)(H,26,27)/t17-/m1/s1. The van der Waals surface area contributed by atoms with E-state index in [1.165, 1.54) is 0 Å². The maximum absolute atomic E-state index is 12.3. The van der Waals surface area contributed by atoms with Gasteiger partial charge in [0.15, 0.2) is 6.10 Å². The molecule has 0 saturated carbocycles. The SMILES string of the molecule is COc1ccc(NC(=O)[C@@H](C)Oc2ccc(C(=O)NCc3ccccc3)cc2)cc1. The van der Waals surface area contributed by atoms with Crippen LogP contribution >= 0.6 is 0 Å². The molecule has 0 saturated heterocycles. The molecule has 3 aromatic carbocycles. The first-order valence-electron chi connectivity index (χ1n) is 9.59. The van der Waals surface area contributed by atoms with Crippen molar-refractivity contribution in [2.24, 2.45) is 0 Å². The zero-order valence-corrected chi connectivity index (χ0v) is 16.9. The molecule has 0 unspecified atom stereocenters. The topological polar surface area (TPSA) is 76.7 Å². The highest BCUT2D eigenvalue weighted by molar-refractivity contribution is 5.95. The molecule has 0 spiro atoms. The molecule has 0 radical (unpaired) electrons. The van der Waals surface area contributed by atoms with Gasteiger partial charge in [-0.3, -0.25) is 9.59 Å². The van der Waals surface area contributed by atoms with Gasteiger partial charge in [0, 0.05) is 17.8 Å². The minimum atomic E-state index is -0.704. The Morgan fingerprint density at radius 1 is 0.867 bits per heavy atom. The fraction of sp³-hybridized carbons (Fsp3) is 0.167. The van der Waals surface area contributed by atoms with Gasteiger partial charge in [0.1, 0.15) is 11.5 Å². The van der Waals surface area contributed by atoms with Gasteiger partial charge in [-0.1, -0.05) is 30.3 Å². The van der Waals surface area contributed by atoms with E-state index in [0.717, 1.165) is 5.56 Å². The van der Waals surface area contributed by atoms with E-state index in [1.54, 1.807) is 62.6 Å². The van der Waals surface area contributed by atoms with E-state index in [0.29, 0.717) is 29.3 Å². The Morgan fingerprint density at radius 2 is 1.50 bits per heavy atom. The Kier molecular flexibility index (Phi) is 7.05. The number of hydrogen-bond donors (Lipinski definition) is 2. The monoisotopic (exact) mass is 404 g/mol. The number of carbonyl (C=O) groups excluding carboxylic acids is 2. The lowest BCUT2D eigenvalue weighted by molar-refractivity contribution is -0.122. The molecule has 154 valence electrons. The molecule has 0 heterocycles. The molecule has 6 nitrogen and oxygen atoms in total. The van der Waals surface area contributed by atoms with Crippen LogP contribution in [0.25, 0.3) is 0 Å². The van der Waals surface area contributed by atoms with Gasteiger partial charge >= 0.3 is 0 Å². The molecule has 2 amide bonds. The van der Waals surface area contributed by atoms with Gasteiger partial charge in [0.2, 0.25) is 0 Å². The predicted octanol–water partition coefficient (Wildman–Crippen LogP) is 4.03. The molecule has 0 aromatic heterocycles. The Hall–Kier alpha value is -3.80. The summed E-state index contributed by atoms with van der Waals surface area (Å²) >= 11 is 0. The van der Waals surface area contributed by atoms with Crippen LogP contribution in [0.1, 0.15) is 22.8 Å². The molecule has 3 aromatic rings. The molecule has 3 rings (SSSR count). The maximum atomic E-state index is 12.3. The summed E-state index contributed by atoms with van der Waals surface area (Å²) in [7, 11) is 1.59. The van der Waals surface area contributed by atoms with Gasteiger partial charge < -0.3 is 20.1 Å². The quantitative estimate of drug-likeness (QED) is 0.594. The highest BCUT2D eigenvalue weighted by Crippen LogP contribution is 2.17. The van der Waals surface area contributed by atoms with Crippen molar-refractivity contribution < 1.29 is 19.1 Å². The van der Waals surface area contributed by atoms with E-state index < -0.39 is 6.10 Å². The molecule has 0 bridgehead atoms. The average molecular weight is 404 g/mol. The van der Waals surface area contributed by atoms with E-state index in [9.17, 15) is 9.59 Å². The minimum absolute atomic E-state index is 0.171. The van der Waals surface area contributed by atoms with Crippen molar-refractivity contribution in [2.45, 2.75) is 19.6 Å². The first-order chi connectivity index (χ1) is 14.5. The summed E-state index contributed by atoms with van der Waals surface area (Å²) < 4.78 is 10.8. The van der Waals surface area contributed by atoms with Crippen molar-refractivity contribution in [1.82, 2.24) is 5.32 Å². The number of ether oxygens (including phenoxy) is 2. The number of methoxy groups -OCH3 is 1. The molecule has 0 aliphatic rings. The van der Waals surface area contributed by atoms with Crippen molar-refractivity contribution in [1.29, 1.82) is 0 Å². The van der Waals surface area contributed by atoms with Gasteiger partial charge in [0.05, 0.1) is 7.11 Å². The minimum Gasteiger partial charge on any atom is -0.497 e. The summed E-state index contributed by atoms with van der Waals surface area (Å²) in [4.78, 5) is 24.6. The molecule has 2 N–H and O–H groups in total. The van der Waals surface area contributed by atoms with E-state index >= 15 is 0 Å². The Balaban J connectivity index is 1.51. The van der Waals surface area contributed by atoms with Crippen molar-refractivity contribution >= 4 is 17.5 Å². The number of anilines is 1. The number of carbonyl (C=O) groups is 2. The Morgan fingerprint density at radius 3 is 2.13 bits per heavy atom. The largest absolute Gasteiger partial charge is 0.497 e. The van der Waals surface area contributed by atoms with Crippen molar-refractivity contribution in [3.05, 3.63) is 90.0 Å². The molecule has 1 atom stereocenters. The first kappa shape index (κ1) is 20.9. The van der Waals surface area contributed by atoms with Crippen molar-refractivity contribution in [3.8, 4) is 11.5 Å². The fourth-order valence-corrected chi connectivity index (χ4v) is 2.74. The lowest BCUT2D eigenvalue weighted by Gasteiger charge is -2.15. The first-order valence-corrected chi connectivity index (χ1v) is 9.59. The lowest BCUT2D eigenvalue weighted by atomic mass is 10.2. The predicted molar refractivity (Wildman–Crippen MR) is 116 cm³/mol. The third-order valence-electron chi connectivity index (χ3n) is 4.45. The molecule has 0 aliphatic heterocycles. The van der Waals surface area contributed by atoms with Crippen LogP contribution in [0.3, 0.4) is 0 Å². The van der Waals surface area contributed by atoms with Crippen molar-refractivity contribution in [3.63, 3.8) is 0 Å². The molecule has 30 heavy (non-hydrogen) atoms. The highest BCUT2D eigenvalue weighted by atomic mass is 16.5. The summed E-state index contributed by atoms with van der Waals surface area (Å²) in [6.45, 7) is 2.12. The van der Waals surface area contributed by atoms with E-state index in [1.807, 2.05) is 30.3 Å². The van der Waals surface area contributed by atoms with Crippen LogP contribution in [0.15, 0.2) is 78.9 Å². The third-order valence-corrected chi connectivity index (χ3v) is 4.45. The summed E-state index contributed by atoms with van der Waals surface area (Å²) in [5.41, 5.74) is 2.21. The third kappa shape index (κ3) is 5.85. The second kappa shape index (κ2) is 10.1. The van der Waals surface area contributed by atoms with Crippen molar-refractivity contribution in [2.75, 3.05) is 12.4 Å². The summed E-state index contributed by atoms with van der Waals surface area (Å²) in [6.07, 6.45) is -0.704. The second-order valence-corrected chi connectivity index (χ2v) is 6.67. The highest BCUT2D eigenvalue weighted by Gasteiger charge is 2.15. The number of amides is 2. The Labute approximate surface area is 175 Å². The van der Waals surface area contributed by atoms with E-state index in [-0.39, 0.29) is 11.8 Å². The normalized spacial score (nSPS) is 11.3. The van der Waals surface area contributed by atoms with Gasteiger partial charge in [-0.15, -0.1) is 0 Å². The van der Waals surface area contributed by atoms with Crippen LogP contribution in [-0.2, 0) is 11.3 Å². The average Bonchev–Trinajstić information content (AvgIpc) is 2.79. The summed E-state index contributed by atoms with van der Waals surface area (Å²) in [6, 6.07) is 23.4. The molecule has 6 heteroatoms. The van der Waals surface area contributed by atoms with Crippen LogP contribution in [0, 0.1) is 0 Å². The zero-order valence-electron chi connectivity index (χ0n) is 16.9. The number of rotatable bonds is 8. The van der Waals surface area contributed by atoms with E-state index in [4.69, 9.17) is 9.47 Å². The second-order valence-electron chi connectivity index (χ2n) is 6.67. The molecular formula is C24H24N2O4. The summed E-state index contributed by atoms with van der Waals surface area (Å²) in [5.74, 6) is 0.776. The number of hydrogen-bond acceptors (Lipinski definition) is 4. The molecular weight excluding hydrogens is 380 g/mol. The van der Waals surface area contributed by atoms with Crippen LogP contribution in [0.2, 0.25) is 0 Å². The number of nitrogens with one attached hydrogen (secondary N) is 2. The lowest BCUT2D eigenvalue weighted by Crippen LogP contribution is -2.30. The summed E-state index contributed by atoms with van der Waals surface area (Å²) in [5, 5.41) is 5.67. The number of benzene rings is 3. The van der Waals surface area contributed by atoms with Gasteiger partial charge in [-0.2, -0.15) is 0 Å². The van der Waals surface area contributed by atoms with Gasteiger partial charge in [-0.25, -0.2) is 0 Å².